The van der Waals surface area contributed by atoms with Gasteiger partial charge in [-0.2, -0.15) is 0 Å². The summed E-state index contributed by atoms with van der Waals surface area (Å²) in [5.74, 6) is -2.36. The molecule has 2 rings (SSSR count). The highest BCUT2D eigenvalue weighted by molar-refractivity contribution is 5.99. The van der Waals surface area contributed by atoms with Gasteiger partial charge in [0.05, 0.1) is 17.9 Å². The summed E-state index contributed by atoms with van der Waals surface area (Å²) in [5.41, 5.74) is 0.163. The monoisotopic (exact) mass is 228 g/mol. The maximum atomic E-state index is 13.4. The van der Waals surface area contributed by atoms with E-state index in [9.17, 15) is 13.6 Å². The van der Waals surface area contributed by atoms with Gasteiger partial charge in [0.2, 0.25) is 0 Å². The van der Waals surface area contributed by atoms with Crippen LogP contribution in [0.3, 0.4) is 0 Å². The Morgan fingerprint density at radius 2 is 2.19 bits per heavy atom. The van der Waals surface area contributed by atoms with Crippen molar-refractivity contribution in [2.45, 2.75) is 6.10 Å². The molecule has 1 aliphatic rings. The van der Waals surface area contributed by atoms with E-state index in [4.69, 9.17) is 4.74 Å². The lowest BCUT2D eigenvalue weighted by atomic mass is 10.2. The SMILES string of the molecule is COC1CNc2c(ccc(F)c2F)NC1=O. The maximum Gasteiger partial charge on any atom is 0.255 e. The van der Waals surface area contributed by atoms with E-state index < -0.39 is 17.7 Å². The summed E-state index contributed by atoms with van der Waals surface area (Å²) in [7, 11) is 1.37. The molecule has 0 fully saturated rings. The third kappa shape index (κ3) is 1.71. The number of halogens is 2. The largest absolute Gasteiger partial charge is 0.378 e. The van der Waals surface area contributed by atoms with Crippen LogP contribution in [0, 0.1) is 11.6 Å². The topological polar surface area (TPSA) is 50.4 Å². The van der Waals surface area contributed by atoms with Gasteiger partial charge in [-0.15, -0.1) is 0 Å². The molecule has 1 amide bonds. The van der Waals surface area contributed by atoms with Crippen molar-refractivity contribution in [3.8, 4) is 0 Å². The van der Waals surface area contributed by atoms with E-state index in [1.807, 2.05) is 0 Å². The first-order chi connectivity index (χ1) is 7.63. The molecule has 86 valence electrons. The molecule has 0 bridgehead atoms. The van der Waals surface area contributed by atoms with Gasteiger partial charge in [0.25, 0.3) is 5.91 Å². The molecule has 0 saturated heterocycles. The first kappa shape index (κ1) is 10.8. The van der Waals surface area contributed by atoms with E-state index in [1.54, 1.807) is 0 Å². The molecule has 1 aliphatic heterocycles. The van der Waals surface area contributed by atoms with Crippen molar-refractivity contribution >= 4 is 17.3 Å². The number of hydrogen-bond acceptors (Lipinski definition) is 3. The van der Waals surface area contributed by atoms with Crippen LogP contribution in [0.4, 0.5) is 20.2 Å². The van der Waals surface area contributed by atoms with Crippen LogP contribution in [-0.4, -0.2) is 25.7 Å². The van der Waals surface area contributed by atoms with Crippen molar-refractivity contribution in [3.05, 3.63) is 23.8 Å². The minimum Gasteiger partial charge on any atom is -0.378 e. The van der Waals surface area contributed by atoms with Crippen LogP contribution in [0.5, 0.6) is 0 Å². The minimum absolute atomic E-state index is 0.0482. The number of methoxy groups -OCH3 is 1. The smallest absolute Gasteiger partial charge is 0.255 e. The van der Waals surface area contributed by atoms with Gasteiger partial charge in [-0.1, -0.05) is 0 Å². The van der Waals surface area contributed by atoms with E-state index in [0.717, 1.165) is 6.07 Å². The molecule has 1 unspecified atom stereocenters. The van der Waals surface area contributed by atoms with E-state index in [0.29, 0.717) is 0 Å². The van der Waals surface area contributed by atoms with Gasteiger partial charge in [-0.05, 0) is 12.1 Å². The summed E-state index contributed by atoms with van der Waals surface area (Å²) in [6.45, 7) is 0.0930. The van der Waals surface area contributed by atoms with E-state index in [1.165, 1.54) is 13.2 Å². The molecule has 16 heavy (non-hydrogen) atoms. The predicted molar refractivity (Wildman–Crippen MR) is 54.3 cm³/mol. The Morgan fingerprint density at radius 3 is 2.88 bits per heavy atom. The van der Waals surface area contributed by atoms with Crippen LogP contribution in [0.1, 0.15) is 0 Å². The number of benzene rings is 1. The fraction of sp³-hybridized carbons (Fsp3) is 0.300. The van der Waals surface area contributed by atoms with Crippen LogP contribution in [-0.2, 0) is 9.53 Å². The van der Waals surface area contributed by atoms with Crippen molar-refractivity contribution < 1.29 is 18.3 Å². The van der Waals surface area contributed by atoms with Crippen LogP contribution < -0.4 is 10.6 Å². The van der Waals surface area contributed by atoms with Crippen molar-refractivity contribution in [1.29, 1.82) is 0 Å². The fourth-order valence-electron chi connectivity index (χ4n) is 1.52. The molecule has 0 spiro atoms. The van der Waals surface area contributed by atoms with Crippen molar-refractivity contribution in [2.75, 3.05) is 24.3 Å². The lowest BCUT2D eigenvalue weighted by Crippen LogP contribution is -2.32. The minimum atomic E-state index is -1.01. The number of ether oxygens (including phenoxy) is 1. The van der Waals surface area contributed by atoms with Crippen molar-refractivity contribution in [3.63, 3.8) is 0 Å². The normalized spacial score (nSPS) is 19.4. The molecule has 1 aromatic carbocycles. The van der Waals surface area contributed by atoms with E-state index in [2.05, 4.69) is 10.6 Å². The Bertz CT molecular complexity index is 437. The molecule has 0 aromatic heterocycles. The summed E-state index contributed by atoms with van der Waals surface area (Å²) in [5, 5.41) is 5.10. The second-order valence-corrected chi connectivity index (χ2v) is 3.38. The van der Waals surface area contributed by atoms with Gasteiger partial charge >= 0.3 is 0 Å². The zero-order valence-corrected chi connectivity index (χ0v) is 8.51. The number of amides is 1. The second kappa shape index (κ2) is 4.05. The molecule has 6 heteroatoms. The van der Waals surface area contributed by atoms with Gasteiger partial charge in [-0.25, -0.2) is 8.78 Å². The Kier molecular flexibility index (Phi) is 2.74. The van der Waals surface area contributed by atoms with Gasteiger partial charge < -0.3 is 15.4 Å². The first-order valence-electron chi connectivity index (χ1n) is 4.69. The highest BCUT2D eigenvalue weighted by Gasteiger charge is 2.25. The molecule has 1 atom stereocenters. The predicted octanol–water partition coefficient (Wildman–Crippen LogP) is 1.34. The highest BCUT2D eigenvalue weighted by Crippen LogP contribution is 2.29. The summed E-state index contributed by atoms with van der Waals surface area (Å²) in [6, 6.07) is 2.26. The van der Waals surface area contributed by atoms with Crippen molar-refractivity contribution in [1.82, 2.24) is 0 Å². The number of carbonyl (C=O) groups is 1. The third-order valence-electron chi connectivity index (χ3n) is 2.39. The lowest BCUT2D eigenvalue weighted by molar-refractivity contribution is -0.124. The first-order valence-corrected chi connectivity index (χ1v) is 4.69. The number of rotatable bonds is 1. The standard InChI is InChI=1S/C10H10F2N2O2/c1-16-7-4-13-9-6(14-10(7)15)3-2-5(11)8(9)12/h2-3,7,13H,4H2,1H3,(H,14,15). The van der Waals surface area contributed by atoms with Crippen LogP contribution in [0.25, 0.3) is 0 Å². The maximum absolute atomic E-state index is 13.4. The Hall–Kier alpha value is -1.69. The zero-order chi connectivity index (χ0) is 11.7. The average molecular weight is 228 g/mol. The second-order valence-electron chi connectivity index (χ2n) is 3.38. The molecule has 1 heterocycles. The highest BCUT2D eigenvalue weighted by atomic mass is 19.2. The Labute approximate surface area is 90.6 Å². The average Bonchev–Trinajstić information content (AvgIpc) is 2.43. The molecule has 4 nitrogen and oxygen atoms in total. The molecule has 0 saturated carbocycles. The van der Waals surface area contributed by atoms with Crippen LogP contribution in [0.2, 0.25) is 0 Å². The van der Waals surface area contributed by atoms with Gasteiger partial charge in [-0.3, -0.25) is 4.79 Å². The molecule has 0 aliphatic carbocycles. The Morgan fingerprint density at radius 1 is 1.44 bits per heavy atom. The summed E-state index contributed by atoms with van der Waals surface area (Å²) >= 11 is 0. The van der Waals surface area contributed by atoms with Gasteiger partial charge in [0.15, 0.2) is 17.7 Å². The lowest BCUT2D eigenvalue weighted by Gasteiger charge is -2.10. The molecule has 0 radical (unpaired) electrons. The number of fused-ring (bicyclic) bond motifs is 1. The number of anilines is 2. The summed E-state index contributed by atoms with van der Waals surface area (Å²) < 4.78 is 31.2. The van der Waals surface area contributed by atoms with E-state index in [-0.39, 0.29) is 23.8 Å². The van der Waals surface area contributed by atoms with Gasteiger partial charge in [0, 0.05) is 7.11 Å². The number of hydrogen-bond donors (Lipinski definition) is 2. The van der Waals surface area contributed by atoms with Gasteiger partial charge in [0.1, 0.15) is 0 Å². The number of nitrogens with one attached hydrogen (secondary N) is 2. The number of carbonyl (C=O) groups excluding carboxylic acids is 1. The molecule has 1 aromatic rings. The van der Waals surface area contributed by atoms with E-state index >= 15 is 0 Å². The van der Waals surface area contributed by atoms with Crippen molar-refractivity contribution in [2.24, 2.45) is 0 Å². The van der Waals surface area contributed by atoms with Crippen LogP contribution in [0.15, 0.2) is 12.1 Å². The Balaban J connectivity index is 2.40. The molecular weight excluding hydrogens is 218 g/mol. The quantitative estimate of drug-likeness (QED) is 0.762. The third-order valence-corrected chi connectivity index (χ3v) is 2.39. The summed E-state index contributed by atoms with van der Waals surface area (Å²) in [4.78, 5) is 11.5. The van der Waals surface area contributed by atoms with Crippen LogP contribution >= 0.6 is 0 Å². The molecular formula is C10H10F2N2O2. The fourth-order valence-corrected chi connectivity index (χ4v) is 1.52. The molecule has 2 N–H and O–H groups in total. The zero-order valence-electron chi connectivity index (χ0n) is 8.51. The summed E-state index contributed by atoms with van der Waals surface area (Å²) in [6.07, 6.45) is -0.727.